The highest BCUT2D eigenvalue weighted by molar-refractivity contribution is 9.10. The fraction of sp³-hybridized carbons (Fsp3) is 0.500. The highest BCUT2D eigenvalue weighted by Crippen LogP contribution is 2.36. The van der Waals surface area contributed by atoms with E-state index in [2.05, 4.69) is 28.2 Å². The van der Waals surface area contributed by atoms with Crippen LogP contribution < -0.4 is 10.1 Å². The second-order valence-electron chi connectivity index (χ2n) is 4.66. The summed E-state index contributed by atoms with van der Waals surface area (Å²) in [5.74, 6) is 0.630. The average Bonchev–Trinajstić information content (AvgIpc) is 2.90. The van der Waals surface area contributed by atoms with Crippen molar-refractivity contribution < 1.29 is 14.6 Å². The summed E-state index contributed by atoms with van der Waals surface area (Å²) >= 11 is 5.13. The van der Waals surface area contributed by atoms with Crippen LogP contribution in [0.15, 0.2) is 22.7 Å². The Hall–Kier alpha value is -0.720. The molecule has 1 saturated heterocycles. The van der Waals surface area contributed by atoms with E-state index >= 15 is 0 Å². The number of rotatable bonds is 6. The van der Waals surface area contributed by atoms with Crippen molar-refractivity contribution in [3.05, 3.63) is 28.2 Å². The Morgan fingerprint density at radius 2 is 2.40 bits per heavy atom. The number of hydrogen-bond acceptors (Lipinski definition) is 4. The Labute approximate surface area is 131 Å². The summed E-state index contributed by atoms with van der Waals surface area (Å²) in [5.41, 5.74) is 1.06. The summed E-state index contributed by atoms with van der Waals surface area (Å²) in [6.45, 7) is 2.84. The summed E-state index contributed by atoms with van der Waals surface area (Å²) in [7, 11) is 0. The Kier molecular flexibility index (Phi) is 5.74. The van der Waals surface area contributed by atoms with Crippen LogP contribution in [0.3, 0.4) is 0 Å². The summed E-state index contributed by atoms with van der Waals surface area (Å²) < 4.78 is 6.60. The second kappa shape index (κ2) is 7.33. The molecule has 110 valence electrons. The number of carboxylic acids is 1. The first-order valence-electron chi connectivity index (χ1n) is 6.64. The lowest BCUT2D eigenvalue weighted by Gasteiger charge is -2.14. The number of unbranched alkanes of at least 4 members (excludes halogenated alkanes) is 1. The van der Waals surface area contributed by atoms with Gasteiger partial charge in [-0.2, -0.15) is 0 Å². The minimum absolute atomic E-state index is 0.0251. The normalized spacial score (nSPS) is 21.9. The number of aliphatic carboxylic acids is 1. The van der Waals surface area contributed by atoms with Crippen molar-refractivity contribution in [1.29, 1.82) is 0 Å². The van der Waals surface area contributed by atoms with E-state index in [0.29, 0.717) is 12.4 Å². The average molecular weight is 360 g/mol. The number of halogens is 1. The number of hydrogen-bond donors (Lipinski definition) is 2. The van der Waals surface area contributed by atoms with E-state index in [1.807, 2.05) is 18.2 Å². The van der Waals surface area contributed by atoms with E-state index in [-0.39, 0.29) is 5.37 Å². The topological polar surface area (TPSA) is 58.6 Å². The molecule has 2 unspecified atom stereocenters. The monoisotopic (exact) mass is 359 g/mol. The minimum Gasteiger partial charge on any atom is -0.492 e. The molecule has 1 aliphatic heterocycles. The number of ether oxygens (including phenoxy) is 1. The third kappa shape index (κ3) is 3.90. The van der Waals surface area contributed by atoms with Gasteiger partial charge in [-0.15, -0.1) is 11.8 Å². The molecule has 2 N–H and O–H groups in total. The van der Waals surface area contributed by atoms with Crippen molar-refractivity contribution >= 4 is 33.7 Å². The number of carboxylic acid groups (broad SMARTS) is 1. The van der Waals surface area contributed by atoms with Gasteiger partial charge in [0.15, 0.2) is 0 Å². The fourth-order valence-corrected chi connectivity index (χ4v) is 3.66. The maximum atomic E-state index is 10.9. The van der Waals surface area contributed by atoms with Gasteiger partial charge in [-0.1, -0.05) is 19.4 Å². The van der Waals surface area contributed by atoms with E-state index < -0.39 is 12.0 Å². The third-order valence-corrected chi connectivity index (χ3v) is 4.98. The molecule has 2 rings (SSSR count). The van der Waals surface area contributed by atoms with E-state index in [1.165, 1.54) is 0 Å². The zero-order valence-electron chi connectivity index (χ0n) is 11.3. The van der Waals surface area contributed by atoms with Gasteiger partial charge in [-0.05, 0) is 40.0 Å². The first-order chi connectivity index (χ1) is 9.61. The molecule has 1 aromatic rings. The highest BCUT2D eigenvalue weighted by Gasteiger charge is 2.30. The molecule has 0 saturated carbocycles. The number of thioether (sulfide) groups is 1. The first-order valence-corrected chi connectivity index (χ1v) is 8.48. The van der Waals surface area contributed by atoms with Gasteiger partial charge in [0.05, 0.1) is 16.5 Å². The highest BCUT2D eigenvalue weighted by atomic mass is 79.9. The Morgan fingerprint density at radius 1 is 1.60 bits per heavy atom. The molecule has 6 heteroatoms. The van der Waals surface area contributed by atoms with Gasteiger partial charge in [-0.3, -0.25) is 10.1 Å². The van der Waals surface area contributed by atoms with E-state index in [4.69, 9.17) is 9.84 Å². The van der Waals surface area contributed by atoms with Gasteiger partial charge in [0.25, 0.3) is 0 Å². The second-order valence-corrected chi connectivity index (χ2v) is 6.66. The molecule has 0 aromatic heterocycles. The number of nitrogens with one attached hydrogen (secondary N) is 1. The van der Waals surface area contributed by atoms with E-state index in [0.717, 1.165) is 28.6 Å². The van der Waals surface area contributed by atoms with Crippen molar-refractivity contribution in [2.75, 3.05) is 12.4 Å². The van der Waals surface area contributed by atoms with Crippen LogP contribution in [0.5, 0.6) is 5.75 Å². The van der Waals surface area contributed by atoms with Crippen LogP contribution in [0.1, 0.15) is 30.7 Å². The standard InChI is InChI=1S/C14H18BrNO3S/c1-2-3-6-19-12-5-4-9(7-10(12)15)13-16-11(8-20-13)14(17)18/h4-5,7,11,13,16H,2-3,6,8H2,1H3,(H,17,18). The summed E-state index contributed by atoms with van der Waals surface area (Å²) in [6, 6.07) is 5.45. The molecule has 1 aliphatic rings. The zero-order chi connectivity index (χ0) is 14.5. The van der Waals surface area contributed by atoms with Gasteiger partial charge >= 0.3 is 5.97 Å². The quantitative estimate of drug-likeness (QED) is 0.762. The van der Waals surface area contributed by atoms with Crippen molar-refractivity contribution in [1.82, 2.24) is 5.32 Å². The molecule has 1 heterocycles. The van der Waals surface area contributed by atoms with Crippen molar-refractivity contribution in [3.63, 3.8) is 0 Å². The maximum absolute atomic E-state index is 10.9. The Balaban J connectivity index is 2.00. The predicted molar refractivity (Wildman–Crippen MR) is 84.3 cm³/mol. The van der Waals surface area contributed by atoms with Gasteiger partial charge in [0.1, 0.15) is 11.8 Å². The number of benzene rings is 1. The summed E-state index contributed by atoms with van der Waals surface area (Å²) in [5, 5.41) is 12.1. The zero-order valence-corrected chi connectivity index (χ0v) is 13.7. The largest absolute Gasteiger partial charge is 0.492 e. The lowest BCUT2D eigenvalue weighted by Crippen LogP contribution is -2.33. The SMILES string of the molecule is CCCCOc1ccc(C2NC(C(=O)O)CS2)cc1Br. The third-order valence-electron chi connectivity index (χ3n) is 3.09. The van der Waals surface area contributed by atoms with Crippen molar-refractivity contribution in [2.24, 2.45) is 0 Å². The minimum atomic E-state index is -0.793. The molecular formula is C14H18BrNO3S. The van der Waals surface area contributed by atoms with Crippen molar-refractivity contribution in [3.8, 4) is 5.75 Å². The molecule has 2 atom stereocenters. The molecule has 1 fully saturated rings. The molecule has 0 amide bonds. The summed E-state index contributed by atoms with van der Waals surface area (Å²) in [4.78, 5) is 10.9. The molecular weight excluding hydrogens is 342 g/mol. The molecule has 0 aliphatic carbocycles. The molecule has 1 aromatic carbocycles. The smallest absolute Gasteiger partial charge is 0.321 e. The van der Waals surface area contributed by atoms with Crippen molar-refractivity contribution in [2.45, 2.75) is 31.2 Å². The lowest BCUT2D eigenvalue weighted by atomic mass is 10.2. The van der Waals surface area contributed by atoms with E-state index in [9.17, 15) is 4.79 Å². The van der Waals surface area contributed by atoms with Crippen LogP contribution in [0, 0.1) is 0 Å². The van der Waals surface area contributed by atoms with Gasteiger partial charge in [0, 0.05) is 5.75 Å². The Morgan fingerprint density at radius 3 is 3.00 bits per heavy atom. The number of carbonyl (C=O) groups is 1. The molecule has 4 nitrogen and oxygen atoms in total. The molecule has 0 radical (unpaired) electrons. The van der Waals surface area contributed by atoms with Gasteiger partial charge in [-0.25, -0.2) is 0 Å². The van der Waals surface area contributed by atoms with E-state index in [1.54, 1.807) is 11.8 Å². The van der Waals surface area contributed by atoms with Crippen LogP contribution in [0.4, 0.5) is 0 Å². The molecule has 20 heavy (non-hydrogen) atoms. The van der Waals surface area contributed by atoms with Gasteiger partial charge < -0.3 is 9.84 Å². The lowest BCUT2D eigenvalue weighted by molar-refractivity contribution is -0.138. The van der Waals surface area contributed by atoms with Crippen LogP contribution >= 0.6 is 27.7 Å². The van der Waals surface area contributed by atoms with Gasteiger partial charge in [0.2, 0.25) is 0 Å². The van der Waals surface area contributed by atoms with Crippen LogP contribution in [0.2, 0.25) is 0 Å². The summed E-state index contributed by atoms with van der Waals surface area (Å²) in [6.07, 6.45) is 2.14. The maximum Gasteiger partial charge on any atom is 0.321 e. The molecule has 0 spiro atoms. The Bertz CT molecular complexity index is 483. The predicted octanol–water partition coefficient (Wildman–Crippen LogP) is 3.42. The van der Waals surface area contributed by atoms with Crippen LogP contribution in [0.25, 0.3) is 0 Å². The van der Waals surface area contributed by atoms with Crippen LogP contribution in [-0.2, 0) is 4.79 Å². The first kappa shape index (κ1) is 15.7. The molecule has 0 bridgehead atoms. The fourth-order valence-electron chi connectivity index (χ4n) is 1.93. The van der Waals surface area contributed by atoms with Crippen LogP contribution in [-0.4, -0.2) is 29.5 Å².